The van der Waals surface area contributed by atoms with Gasteiger partial charge in [0.15, 0.2) is 20.0 Å². The quantitative estimate of drug-likeness (QED) is 0.0310. The van der Waals surface area contributed by atoms with E-state index in [9.17, 15) is 52.8 Å². The Morgan fingerprint density at radius 3 is 1.78 bits per heavy atom. The Kier molecular flexibility index (Phi) is 20.3. The molecule has 0 aliphatic heterocycles. The number of benzene rings is 5. The van der Waals surface area contributed by atoms with Crippen molar-refractivity contribution in [3.63, 3.8) is 0 Å². The molecule has 0 bridgehead atoms. The summed E-state index contributed by atoms with van der Waals surface area (Å²) >= 11 is 0. The predicted molar refractivity (Wildman–Crippen MR) is 305 cm³/mol. The highest BCUT2D eigenvalue weighted by Crippen LogP contribution is 2.41. The van der Waals surface area contributed by atoms with Crippen molar-refractivity contribution in [2.24, 2.45) is 0 Å². The number of rotatable bonds is 17. The Labute approximate surface area is 469 Å². The average molecular weight is 1170 g/mol. The summed E-state index contributed by atoms with van der Waals surface area (Å²) in [6, 6.07) is 30.8. The van der Waals surface area contributed by atoms with Crippen molar-refractivity contribution in [1.29, 1.82) is 0 Å². The number of allylic oxidation sites excluding steroid dienone is 6. The predicted octanol–water partition coefficient (Wildman–Crippen LogP) is 14.0. The number of sulfonamides is 2. The maximum atomic E-state index is 13.1. The van der Waals surface area contributed by atoms with Crippen molar-refractivity contribution in [2.75, 3.05) is 37.5 Å². The van der Waals surface area contributed by atoms with E-state index in [0.717, 1.165) is 79.9 Å². The molecule has 0 amide bonds. The number of hydrogen-bond acceptors (Lipinski definition) is 11. The molecule has 1 N–H and O–H groups in total. The zero-order valence-corrected chi connectivity index (χ0v) is 48.1. The van der Waals surface area contributed by atoms with Crippen LogP contribution in [0, 0.1) is 41.5 Å². The van der Waals surface area contributed by atoms with Gasteiger partial charge in [-0.25, -0.2) is 16.8 Å². The van der Waals surface area contributed by atoms with E-state index in [0.29, 0.717) is 5.76 Å². The molecule has 81 heavy (non-hydrogen) atoms. The lowest BCUT2D eigenvalue weighted by Gasteiger charge is -2.33. The second-order valence-corrected chi connectivity index (χ2v) is 23.5. The standard InChI is InChI=1S/C58H65N3O5.C2F6NO4S2/c1-37(2)64-31-32-65-54(62)29-30-55(63)66-53-18-14-13-17-52(53)59-51-28-27-50(48-15-11-12-16-49(48)51)56(44-19-23-46(24-20-44)60(9)57-40(5)33-38(3)34-41(57)6)45-21-25-47(26-22-45)61(10)58-42(7)35-39(4)36-43(58)8;3-1(4,5)14(10,11)9-15(12,13)2(6,7)8/h11-12,15-16,19-28,33-36,52-53H,1,13-14,17-18,29-32H2,2-10H3;/q;-1/p+1. The molecule has 0 heterocycles. The molecule has 2 unspecified atom stereocenters. The molecule has 21 heteroatoms. The van der Waals surface area contributed by atoms with E-state index in [-0.39, 0.29) is 38.2 Å². The first kappa shape index (κ1) is 63.0. The van der Waals surface area contributed by atoms with E-state index >= 15 is 0 Å². The van der Waals surface area contributed by atoms with Crippen molar-refractivity contribution >= 4 is 76.8 Å². The Morgan fingerprint density at radius 1 is 0.704 bits per heavy atom. The summed E-state index contributed by atoms with van der Waals surface area (Å²) in [6.45, 7) is 18.8. The smallest absolute Gasteiger partial charge is 0.480 e. The first-order valence-electron chi connectivity index (χ1n) is 25.9. The topological polar surface area (TPSA) is 162 Å². The molecule has 2 atom stereocenters. The van der Waals surface area contributed by atoms with Crippen molar-refractivity contribution in [1.82, 2.24) is 0 Å². The third kappa shape index (κ3) is 15.8. The van der Waals surface area contributed by atoms with Crippen LogP contribution in [-0.2, 0) is 43.8 Å². The molecule has 434 valence electrons. The lowest BCUT2D eigenvalue weighted by molar-refractivity contribution is -0.404. The Morgan fingerprint density at radius 2 is 1.22 bits per heavy atom. The zero-order chi connectivity index (χ0) is 59.8. The number of fused-ring (bicyclic) bond motifs is 1. The Bertz CT molecular complexity index is 3450. The maximum Gasteiger partial charge on any atom is 0.480 e. The summed E-state index contributed by atoms with van der Waals surface area (Å²) in [4.78, 5) is 27.7. The number of hydrogen-bond donors (Lipinski definition) is 1. The molecule has 0 aromatic heterocycles. The molecular formula is C60H66F6N4O9S2. The number of esters is 2. The van der Waals surface area contributed by atoms with Crippen LogP contribution >= 0.6 is 0 Å². The van der Waals surface area contributed by atoms with Crippen LogP contribution in [0.4, 0.5) is 49.1 Å². The van der Waals surface area contributed by atoms with E-state index in [1.165, 1.54) is 44.8 Å². The number of anilines is 3. The number of carbonyl (C=O) groups is 2. The second-order valence-electron chi connectivity index (χ2n) is 20.0. The van der Waals surface area contributed by atoms with Gasteiger partial charge in [0, 0.05) is 52.8 Å². The lowest BCUT2D eigenvalue weighted by atomic mass is 9.87. The summed E-state index contributed by atoms with van der Waals surface area (Å²) < 4.78 is 128. The summed E-state index contributed by atoms with van der Waals surface area (Å²) in [5, 5.41) is 6.03. The minimum atomic E-state index is -6.72. The first-order valence-corrected chi connectivity index (χ1v) is 28.8. The van der Waals surface area contributed by atoms with Gasteiger partial charge in [-0.3, -0.25) is 9.59 Å². The van der Waals surface area contributed by atoms with Gasteiger partial charge in [0.1, 0.15) is 26.4 Å². The van der Waals surface area contributed by atoms with Crippen LogP contribution in [0.5, 0.6) is 0 Å². The maximum absolute atomic E-state index is 13.1. The minimum absolute atomic E-state index is 0.0371. The van der Waals surface area contributed by atoms with E-state index in [2.05, 4.69) is 186 Å². The van der Waals surface area contributed by atoms with Gasteiger partial charge < -0.3 is 28.6 Å². The molecule has 0 radical (unpaired) electrons. The van der Waals surface area contributed by atoms with Crippen molar-refractivity contribution in [2.45, 2.75) is 110 Å². The van der Waals surface area contributed by atoms with E-state index in [1.54, 1.807) is 6.92 Å². The van der Waals surface area contributed by atoms with Crippen LogP contribution in [0.3, 0.4) is 0 Å². The van der Waals surface area contributed by atoms with Gasteiger partial charge >= 0.3 is 23.0 Å². The van der Waals surface area contributed by atoms with Crippen molar-refractivity contribution in [3.05, 3.63) is 176 Å². The summed E-state index contributed by atoms with van der Waals surface area (Å²) in [7, 11) is -9.15. The Balaban J connectivity index is 0.000000616. The van der Waals surface area contributed by atoms with Gasteiger partial charge in [-0.1, -0.05) is 78.7 Å². The molecule has 0 saturated heterocycles. The fourth-order valence-electron chi connectivity index (χ4n) is 10.2. The number of aryl methyl sites for hydroxylation is 6. The van der Waals surface area contributed by atoms with Crippen molar-refractivity contribution in [3.8, 4) is 0 Å². The lowest BCUT2D eigenvalue weighted by Crippen LogP contribution is -2.39. The largest absolute Gasteiger partial charge is 0.495 e. The van der Waals surface area contributed by atoms with E-state index in [4.69, 9.17) is 14.2 Å². The zero-order valence-electron chi connectivity index (χ0n) is 46.5. The number of nitrogens with one attached hydrogen (secondary N) is 1. The number of halogens is 6. The van der Waals surface area contributed by atoms with Gasteiger partial charge in [-0.2, -0.15) is 30.9 Å². The molecule has 13 nitrogen and oxygen atoms in total. The van der Waals surface area contributed by atoms with Crippen LogP contribution in [-0.4, -0.2) is 89.5 Å². The van der Waals surface area contributed by atoms with Crippen LogP contribution < -0.4 is 10.2 Å². The number of carbonyl (C=O) groups excluding carboxylic acids is 2. The fourth-order valence-corrected chi connectivity index (χ4v) is 11.9. The summed E-state index contributed by atoms with van der Waals surface area (Å²) in [5.74, 6) is -0.295. The molecular weight excluding hydrogens is 1100 g/mol. The van der Waals surface area contributed by atoms with Crippen LogP contribution in [0.2, 0.25) is 0 Å². The third-order valence-corrected chi connectivity index (χ3v) is 16.3. The molecule has 0 spiro atoms. The van der Waals surface area contributed by atoms with E-state index in [1.807, 2.05) is 0 Å². The number of alkyl halides is 6. The molecule has 5 aromatic carbocycles. The molecule has 1 saturated carbocycles. The van der Waals surface area contributed by atoms with Crippen LogP contribution in [0.25, 0.3) is 20.5 Å². The SMILES string of the molecule is C=C(C)OCCOC(=O)CCC(=O)OC1CCCCC1Nc1ccc(C(=C2C=CC(=[N+](C)c3c(C)cc(C)cc3C)C=C2)c2ccc(N(C)c3c(C)cc(C)cc3C)cc2)c2ccccc12.O=S(=O)([N-]S(=O)(=O)C(F)(F)F)C(F)(F)F. The highest BCUT2D eigenvalue weighted by atomic mass is 32.3. The van der Waals surface area contributed by atoms with Gasteiger partial charge in [-0.15, -0.1) is 0 Å². The van der Waals surface area contributed by atoms with Gasteiger partial charge in [0.25, 0.3) is 0 Å². The van der Waals surface area contributed by atoms with Gasteiger partial charge in [0.2, 0.25) is 11.4 Å². The first-order chi connectivity index (χ1) is 37.9. The Hall–Kier alpha value is -7.23. The average Bonchev–Trinajstić information content (AvgIpc) is 3.54. The number of ether oxygens (including phenoxy) is 3. The van der Waals surface area contributed by atoms with Gasteiger partial charge in [0.05, 0.1) is 24.6 Å². The van der Waals surface area contributed by atoms with Crippen LogP contribution in [0.1, 0.15) is 90.0 Å². The van der Waals surface area contributed by atoms with E-state index < -0.39 is 43.0 Å². The highest BCUT2D eigenvalue weighted by Gasteiger charge is 2.47. The highest BCUT2D eigenvalue weighted by molar-refractivity contribution is 8.13. The van der Waals surface area contributed by atoms with Crippen LogP contribution in [0.15, 0.2) is 127 Å². The third-order valence-electron chi connectivity index (χ3n) is 13.6. The second kappa shape index (κ2) is 26.1. The monoisotopic (exact) mass is 1160 g/mol. The molecule has 1 fully saturated rings. The number of nitrogens with zero attached hydrogens (tertiary/aromatic N) is 3. The molecule has 7 rings (SSSR count). The van der Waals surface area contributed by atoms with Gasteiger partial charge in [-0.05, 0) is 149 Å². The molecule has 2 aliphatic rings. The summed E-state index contributed by atoms with van der Waals surface area (Å²) in [5.41, 5.74) is 5.30. The van der Waals surface area contributed by atoms with Crippen molar-refractivity contribution < 1.29 is 71.6 Å². The minimum Gasteiger partial charge on any atom is -0.495 e. The molecule has 5 aromatic rings. The normalized spacial score (nSPS) is 15.6. The molecule has 2 aliphatic carbocycles. The fraction of sp³-hybridized carbons (Fsp3) is 0.350. The summed E-state index contributed by atoms with van der Waals surface area (Å²) in [6.07, 6.45) is 12.2.